The molecule has 0 aliphatic carbocycles. The fourth-order valence-electron chi connectivity index (χ4n) is 3.95. The molecule has 5 rings (SSSR count). The van der Waals surface area contributed by atoms with Crippen LogP contribution in [0.3, 0.4) is 0 Å². The Bertz CT molecular complexity index is 1180. The Hall–Kier alpha value is -3.61. The smallest absolute Gasteiger partial charge is 0.318 e. The molecule has 0 unspecified atom stereocenters. The van der Waals surface area contributed by atoms with Gasteiger partial charge in [0.05, 0.1) is 23.3 Å². The quantitative estimate of drug-likeness (QED) is 0.488. The highest BCUT2D eigenvalue weighted by atomic mass is 16.2. The molecule has 1 aliphatic heterocycles. The summed E-state index contributed by atoms with van der Waals surface area (Å²) in [5.41, 5.74) is 8.46. The fraction of sp³-hybridized carbons (Fsp3) is 0.261. The van der Waals surface area contributed by atoms with Crippen LogP contribution < -0.4 is 5.32 Å². The van der Waals surface area contributed by atoms with Crippen molar-refractivity contribution in [3.8, 4) is 11.5 Å². The van der Waals surface area contributed by atoms with E-state index in [0.717, 1.165) is 45.8 Å². The third-order valence-electron chi connectivity index (χ3n) is 5.83. The number of rotatable bonds is 3. The molecule has 0 atom stereocenters. The molecule has 2 aromatic heterocycles. The normalized spacial score (nSPS) is 13.5. The van der Waals surface area contributed by atoms with Crippen molar-refractivity contribution in [1.29, 1.82) is 0 Å². The molecule has 0 bridgehead atoms. The van der Waals surface area contributed by atoms with Gasteiger partial charge in [-0.1, -0.05) is 30.3 Å². The molecule has 1 aliphatic rings. The summed E-state index contributed by atoms with van der Waals surface area (Å²) >= 11 is 0. The molecule has 3 N–H and O–H groups in total. The number of nitrogens with one attached hydrogen (secondary N) is 3. The van der Waals surface area contributed by atoms with E-state index in [-0.39, 0.29) is 6.03 Å². The van der Waals surface area contributed by atoms with Crippen molar-refractivity contribution >= 4 is 17.1 Å². The number of fused-ring (bicyclic) bond motifs is 2. The van der Waals surface area contributed by atoms with Crippen molar-refractivity contribution in [2.45, 2.75) is 33.4 Å². The van der Waals surface area contributed by atoms with E-state index < -0.39 is 0 Å². The van der Waals surface area contributed by atoms with E-state index in [0.29, 0.717) is 19.6 Å². The first-order valence-corrected chi connectivity index (χ1v) is 10.2. The molecule has 2 aromatic carbocycles. The van der Waals surface area contributed by atoms with Gasteiger partial charge in [-0.25, -0.2) is 9.78 Å². The Morgan fingerprint density at radius 3 is 2.80 bits per heavy atom. The van der Waals surface area contributed by atoms with E-state index in [1.807, 2.05) is 35.2 Å². The first kappa shape index (κ1) is 18.4. The lowest BCUT2D eigenvalue weighted by Gasteiger charge is -2.27. The molecular formula is C23H24N6O. The SMILES string of the molecule is Cc1cc2nc(-c3n[nH]c4c3CCN(C(=O)NCc3ccccc3)C4)[nH]c2cc1C. The number of hydrogen-bond acceptors (Lipinski definition) is 3. The van der Waals surface area contributed by atoms with Gasteiger partial charge < -0.3 is 15.2 Å². The first-order chi connectivity index (χ1) is 14.6. The second kappa shape index (κ2) is 7.33. The van der Waals surface area contributed by atoms with Gasteiger partial charge in [-0.15, -0.1) is 0 Å². The predicted molar refractivity (Wildman–Crippen MR) is 116 cm³/mol. The molecule has 0 saturated heterocycles. The Balaban J connectivity index is 1.33. The van der Waals surface area contributed by atoms with Crippen LogP contribution in [0, 0.1) is 13.8 Å². The molecule has 152 valence electrons. The summed E-state index contributed by atoms with van der Waals surface area (Å²) in [6.45, 7) is 5.88. The van der Waals surface area contributed by atoms with Crippen LogP contribution in [0.25, 0.3) is 22.6 Å². The van der Waals surface area contributed by atoms with Crippen molar-refractivity contribution in [3.63, 3.8) is 0 Å². The van der Waals surface area contributed by atoms with Crippen molar-refractivity contribution < 1.29 is 4.79 Å². The highest BCUT2D eigenvalue weighted by Gasteiger charge is 2.26. The van der Waals surface area contributed by atoms with Gasteiger partial charge in [-0.3, -0.25) is 5.10 Å². The highest BCUT2D eigenvalue weighted by molar-refractivity contribution is 5.81. The third kappa shape index (κ3) is 3.32. The second-order valence-corrected chi connectivity index (χ2v) is 7.88. The highest BCUT2D eigenvalue weighted by Crippen LogP contribution is 2.28. The van der Waals surface area contributed by atoms with Gasteiger partial charge in [-0.2, -0.15) is 5.10 Å². The number of hydrogen-bond donors (Lipinski definition) is 3. The zero-order valence-corrected chi connectivity index (χ0v) is 17.1. The van der Waals surface area contributed by atoms with E-state index >= 15 is 0 Å². The van der Waals surface area contributed by atoms with Crippen molar-refractivity contribution in [1.82, 2.24) is 30.4 Å². The largest absolute Gasteiger partial charge is 0.337 e. The van der Waals surface area contributed by atoms with Gasteiger partial charge in [-0.05, 0) is 49.1 Å². The van der Waals surface area contributed by atoms with Gasteiger partial charge in [0.1, 0.15) is 5.69 Å². The number of amides is 2. The molecule has 0 saturated carbocycles. The van der Waals surface area contributed by atoms with Crippen LogP contribution in [0.1, 0.15) is 27.9 Å². The van der Waals surface area contributed by atoms with Crippen molar-refractivity contribution in [2.24, 2.45) is 0 Å². The Morgan fingerprint density at radius 2 is 1.97 bits per heavy atom. The maximum Gasteiger partial charge on any atom is 0.318 e. The summed E-state index contributed by atoms with van der Waals surface area (Å²) in [6.07, 6.45) is 0.745. The number of imidazole rings is 1. The lowest BCUT2D eigenvalue weighted by atomic mass is 10.0. The van der Waals surface area contributed by atoms with Gasteiger partial charge in [0.15, 0.2) is 5.82 Å². The summed E-state index contributed by atoms with van der Waals surface area (Å²) < 4.78 is 0. The molecule has 7 heteroatoms. The number of nitrogens with zero attached hydrogens (tertiary/aromatic N) is 3. The van der Waals surface area contributed by atoms with Crippen LogP contribution in [-0.2, 0) is 19.5 Å². The van der Waals surface area contributed by atoms with Gasteiger partial charge >= 0.3 is 6.03 Å². The van der Waals surface area contributed by atoms with Crippen LogP contribution in [-0.4, -0.2) is 37.6 Å². The van der Waals surface area contributed by atoms with E-state index in [1.54, 1.807) is 0 Å². The van der Waals surface area contributed by atoms with E-state index in [2.05, 4.69) is 46.5 Å². The van der Waals surface area contributed by atoms with Gasteiger partial charge in [0.25, 0.3) is 0 Å². The Kier molecular flexibility index (Phi) is 4.50. The molecule has 30 heavy (non-hydrogen) atoms. The minimum absolute atomic E-state index is 0.0599. The minimum Gasteiger partial charge on any atom is -0.337 e. The van der Waals surface area contributed by atoms with Crippen LogP contribution in [0.2, 0.25) is 0 Å². The zero-order chi connectivity index (χ0) is 20.7. The predicted octanol–water partition coefficient (Wildman–Crippen LogP) is 3.84. The number of H-pyrrole nitrogens is 2. The third-order valence-corrected chi connectivity index (χ3v) is 5.83. The zero-order valence-electron chi connectivity index (χ0n) is 17.1. The van der Waals surface area contributed by atoms with E-state index in [9.17, 15) is 4.79 Å². The number of benzene rings is 2. The second-order valence-electron chi connectivity index (χ2n) is 7.88. The summed E-state index contributed by atoms with van der Waals surface area (Å²) in [6, 6.07) is 14.1. The summed E-state index contributed by atoms with van der Waals surface area (Å²) in [7, 11) is 0. The molecule has 3 heterocycles. The molecule has 0 fully saturated rings. The number of carbonyl (C=O) groups is 1. The Morgan fingerprint density at radius 1 is 1.17 bits per heavy atom. The number of aryl methyl sites for hydroxylation is 2. The average molecular weight is 400 g/mol. The Labute approximate surface area is 174 Å². The standard InChI is InChI=1S/C23H24N6O/c1-14-10-18-19(11-15(14)2)26-22(25-18)21-17-8-9-29(13-20(17)27-28-21)23(30)24-12-16-6-4-3-5-7-16/h3-7,10-11H,8-9,12-13H2,1-2H3,(H,24,30)(H,25,26)(H,27,28). The summed E-state index contributed by atoms with van der Waals surface area (Å²) in [5, 5.41) is 10.6. The lowest BCUT2D eigenvalue weighted by molar-refractivity contribution is 0.191. The number of aromatic amines is 2. The topological polar surface area (TPSA) is 89.7 Å². The molecule has 2 amide bonds. The number of carbonyl (C=O) groups excluding carboxylic acids is 1. The molecule has 0 spiro atoms. The fourth-order valence-corrected chi connectivity index (χ4v) is 3.95. The first-order valence-electron chi connectivity index (χ1n) is 10.2. The van der Waals surface area contributed by atoms with Gasteiger partial charge in [0, 0.05) is 18.7 Å². The average Bonchev–Trinajstić information content (AvgIpc) is 3.36. The van der Waals surface area contributed by atoms with Crippen LogP contribution in [0.4, 0.5) is 4.79 Å². The van der Waals surface area contributed by atoms with E-state index in [4.69, 9.17) is 4.98 Å². The summed E-state index contributed by atoms with van der Waals surface area (Å²) in [5.74, 6) is 0.773. The number of aromatic nitrogens is 4. The maximum absolute atomic E-state index is 12.6. The molecule has 0 radical (unpaired) electrons. The lowest BCUT2D eigenvalue weighted by Crippen LogP contribution is -2.42. The number of urea groups is 1. The minimum atomic E-state index is -0.0599. The monoisotopic (exact) mass is 400 g/mol. The molecular weight excluding hydrogens is 376 g/mol. The van der Waals surface area contributed by atoms with Crippen LogP contribution >= 0.6 is 0 Å². The molecule has 4 aromatic rings. The van der Waals surface area contributed by atoms with Crippen molar-refractivity contribution in [3.05, 3.63) is 70.4 Å². The van der Waals surface area contributed by atoms with E-state index in [1.165, 1.54) is 11.1 Å². The van der Waals surface area contributed by atoms with Crippen LogP contribution in [0.15, 0.2) is 42.5 Å². The summed E-state index contributed by atoms with van der Waals surface area (Å²) in [4.78, 5) is 22.6. The van der Waals surface area contributed by atoms with Crippen LogP contribution in [0.5, 0.6) is 0 Å². The van der Waals surface area contributed by atoms with Crippen molar-refractivity contribution in [2.75, 3.05) is 6.54 Å². The maximum atomic E-state index is 12.6. The van der Waals surface area contributed by atoms with Gasteiger partial charge in [0.2, 0.25) is 0 Å². The molecule has 7 nitrogen and oxygen atoms in total.